The molecule has 1 N–H and O–H groups in total. The van der Waals surface area contributed by atoms with Crippen molar-refractivity contribution in [1.82, 2.24) is 10.2 Å². The van der Waals surface area contributed by atoms with Crippen LogP contribution in [-0.2, 0) is 0 Å². The van der Waals surface area contributed by atoms with Gasteiger partial charge in [-0.25, -0.2) is 0 Å². The Morgan fingerprint density at radius 2 is 1.40 bits per heavy atom. The third kappa shape index (κ3) is 4.52. The highest BCUT2D eigenvalue weighted by Gasteiger charge is 2.28. The fourth-order valence-electron chi connectivity index (χ4n) is 2.31. The molecule has 1 rings (SSSR count). The normalized spacial score (nSPS) is 22.0. The quantitative estimate of drug-likeness (QED) is 0.719. The molecule has 0 aliphatic carbocycles. The molecule has 15 heavy (non-hydrogen) atoms. The van der Waals surface area contributed by atoms with Crippen molar-refractivity contribution in [1.29, 1.82) is 0 Å². The molecular formula is C13H28N2. The minimum absolute atomic E-state index is 0.259. The zero-order valence-corrected chi connectivity index (χ0v) is 11.4. The molecule has 0 unspecified atom stereocenters. The van der Waals surface area contributed by atoms with Gasteiger partial charge >= 0.3 is 0 Å². The predicted octanol–water partition coefficient (Wildman–Crippen LogP) is 2.64. The molecule has 0 amide bonds. The lowest BCUT2D eigenvalue weighted by Gasteiger charge is -2.42. The van der Waals surface area contributed by atoms with Crippen molar-refractivity contribution in [3.63, 3.8) is 0 Å². The number of hydrogen-bond acceptors (Lipinski definition) is 2. The van der Waals surface area contributed by atoms with Crippen LogP contribution in [0, 0.1) is 0 Å². The molecule has 90 valence electrons. The number of rotatable bonds is 1. The lowest BCUT2D eigenvalue weighted by molar-refractivity contribution is 0.0907. The molecule has 2 nitrogen and oxygen atoms in total. The number of nitrogens with one attached hydrogen (secondary N) is 1. The number of piperidine rings is 1. The van der Waals surface area contributed by atoms with Crippen LogP contribution in [0.15, 0.2) is 0 Å². The number of nitrogens with zero attached hydrogens (tertiary/aromatic N) is 1. The number of likely N-dealkylation sites (tertiary alicyclic amines) is 1. The summed E-state index contributed by atoms with van der Waals surface area (Å²) >= 11 is 0. The van der Waals surface area contributed by atoms with Crippen LogP contribution in [0.2, 0.25) is 0 Å². The van der Waals surface area contributed by atoms with Gasteiger partial charge in [-0.1, -0.05) is 0 Å². The SMILES string of the molecule is CC(C)(C)NC1CCN(C(C)(C)C)CC1. The van der Waals surface area contributed by atoms with E-state index in [4.69, 9.17) is 0 Å². The molecule has 0 saturated carbocycles. The van der Waals surface area contributed by atoms with Gasteiger partial charge in [-0.05, 0) is 54.4 Å². The van der Waals surface area contributed by atoms with Crippen molar-refractivity contribution in [2.75, 3.05) is 13.1 Å². The van der Waals surface area contributed by atoms with Crippen molar-refractivity contribution in [3.8, 4) is 0 Å². The van der Waals surface area contributed by atoms with Crippen molar-refractivity contribution in [2.24, 2.45) is 0 Å². The Labute approximate surface area is 95.4 Å². The molecule has 0 bridgehead atoms. The molecule has 0 aromatic carbocycles. The average molecular weight is 212 g/mol. The van der Waals surface area contributed by atoms with E-state index in [0.717, 1.165) is 0 Å². The van der Waals surface area contributed by atoms with E-state index in [9.17, 15) is 0 Å². The van der Waals surface area contributed by atoms with Crippen molar-refractivity contribution < 1.29 is 0 Å². The summed E-state index contributed by atoms with van der Waals surface area (Å²) in [4.78, 5) is 2.59. The van der Waals surface area contributed by atoms with Crippen molar-refractivity contribution in [3.05, 3.63) is 0 Å². The first-order valence-electron chi connectivity index (χ1n) is 6.21. The van der Waals surface area contributed by atoms with Gasteiger partial charge in [0.05, 0.1) is 0 Å². The molecule has 2 heteroatoms. The van der Waals surface area contributed by atoms with Crippen molar-refractivity contribution >= 4 is 0 Å². The molecule has 0 aromatic rings. The van der Waals surface area contributed by atoms with E-state index in [0.29, 0.717) is 11.6 Å². The maximum atomic E-state index is 3.70. The molecule has 1 saturated heterocycles. The van der Waals surface area contributed by atoms with Crippen LogP contribution in [0.5, 0.6) is 0 Å². The maximum Gasteiger partial charge on any atom is 0.0125 e. The van der Waals surface area contributed by atoms with Gasteiger partial charge in [-0.15, -0.1) is 0 Å². The van der Waals surface area contributed by atoms with E-state index < -0.39 is 0 Å². The van der Waals surface area contributed by atoms with Crippen LogP contribution in [0.3, 0.4) is 0 Å². The van der Waals surface area contributed by atoms with Crippen molar-refractivity contribution in [2.45, 2.75) is 71.5 Å². The Balaban J connectivity index is 2.37. The van der Waals surface area contributed by atoms with E-state index in [1.54, 1.807) is 0 Å². The van der Waals surface area contributed by atoms with Gasteiger partial charge in [0.2, 0.25) is 0 Å². The summed E-state index contributed by atoms with van der Waals surface area (Å²) in [5, 5.41) is 3.70. The van der Waals surface area contributed by atoms with Gasteiger partial charge in [0.15, 0.2) is 0 Å². The van der Waals surface area contributed by atoms with Crippen LogP contribution in [0.4, 0.5) is 0 Å². The molecule has 1 aliphatic heterocycles. The van der Waals surface area contributed by atoms with E-state index in [2.05, 4.69) is 51.8 Å². The summed E-state index contributed by atoms with van der Waals surface area (Å²) in [6.45, 7) is 16.2. The van der Waals surface area contributed by atoms with E-state index in [1.807, 2.05) is 0 Å². The summed E-state index contributed by atoms with van der Waals surface area (Å²) in [5.74, 6) is 0. The van der Waals surface area contributed by atoms with Crippen LogP contribution < -0.4 is 5.32 Å². The van der Waals surface area contributed by atoms with Gasteiger partial charge < -0.3 is 5.32 Å². The fraction of sp³-hybridized carbons (Fsp3) is 1.00. The topological polar surface area (TPSA) is 15.3 Å². The predicted molar refractivity (Wildman–Crippen MR) is 67.2 cm³/mol. The summed E-state index contributed by atoms with van der Waals surface area (Å²) in [6.07, 6.45) is 2.57. The van der Waals surface area contributed by atoms with Crippen LogP contribution in [-0.4, -0.2) is 35.1 Å². The van der Waals surface area contributed by atoms with Crippen LogP contribution in [0.1, 0.15) is 54.4 Å². The highest BCUT2D eigenvalue weighted by Crippen LogP contribution is 2.21. The Kier molecular flexibility index (Phi) is 3.83. The van der Waals surface area contributed by atoms with Crippen LogP contribution in [0.25, 0.3) is 0 Å². The molecule has 0 aromatic heterocycles. The fourth-order valence-corrected chi connectivity index (χ4v) is 2.31. The smallest absolute Gasteiger partial charge is 0.0125 e. The lowest BCUT2D eigenvalue weighted by atomic mass is 9.96. The highest BCUT2D eigenvalue weighted by atomic mass is 15.2. The third-order valence-corrected chi connectivity index (χ3v) is 3.08. The Morgan fingerprint density at radius 3 is 1.73 bits per heavy atom. The highest BCUT2D eigenvalue weighted by molar-refractivity contribution is 4.87. The Bertz CT molecular complexity index is 190. The minimum atomic E-state index is 0.259. The maximum absolute atomic E-state index is 3.70. The summed E-state index contributed by atoms with van der Waals surface area (Å²) in [7, 11) is 0. The first-order chi connectivity index (χ1) is 6.68. The van der Waals surface area contributed by atoms with Gasteiger partial charge in [0.25, 0.3) is 0 Å². The Hall–Kier alpha value is -0.0800. The monoisotopic (exact) mass is 212 g/mol. The molecule has 1 aliphatic rings. The van der Waals surface area contributed by atoms with Gasteiger partial charge in [0, 0.05) is 30.2 Å². The minimum Gasteiger partial charge on any atom is -0.309 e. The van der Waals surface area contributed by atoms with E-state index in [1.165, 1.54) is 25.9 Å². The Morgan fingerprint density at radius 1 is 0.933 bits per heavy atom. The second kappa shape index (κ2) is 4.42. The molecule has 0 radical (unpaired) electrons. The molecule has 0 spiro atoms. The number of hydrogen-bond donors (Lipinski definition) is 1. The standard InChI is InChI=1S/C13H28N2/c1-12(2,3)14-11-7-9-15(10-8-11)13(4,5)6/h11,14H,7-10H2,1-6H3. The lowest BCUT2D eigenvalue weighted by Crippen LogP contribution is -2.53. The zero-order chi connectivity index (χ0) is 11.7. The molecule has 1 heterocycles. The zero-order valence-electron chi connectivity index (χ0n) is 11.4. The second-order valence-electron chi connectivity index (χ2n) is 6.83. The van der Waals surface area contributed by atoms with Gasteiger partial charge in [-0.2, -0.15) is 0 Å². The largest absolute Gasteiger partial charge is 0.309 e. The molecule has 0 atom stereocenters. The third-order valence-electron chi connectivity index (χ3n) is 3.08. The van der Waals surface area contributed by atoms with Gasteiger partial charge in [-0.3, -0.25) is 4.90 Å². The molecule has 1 fully saturated rings. The van der Waals surface area contributed by atoms with E-state index >= 15 is 0 Å². The average Bonchev–Trinajstić information content (AvgIpc) is 2.00. The summed E-state index contributed by atoms with van der Waals surface area (Å²) in [6, 6.07) is 0.712. The second-order valence-corrected chi connectivity index (χ2v) is 6.83. The van der Waals surface area contributed by atoms with Crippen LogP contribution >= 0.6 is 0 Å². The van der Waals surface area contributed by atoms with Gasteiger partial charge in [0.1, 0.15) is 0 Å². The first kappa shape index (κ1) is 13.0. The first-order valence-corrected chi connectivity index (χ1v) is 6.21. The molecular weight excluding hydrogens is 184 g/mol. The van der Waals surface area contributed by atoms with E-state index in [-0.39, 0.29) is 5.54 Å². The summed E-state index contributed by atoms with van der Waals surface area (Å²) < 4.78 is 0. The summed E-state index contributed by atoms with van der Waals surface area (Å²) in [5.41, 5.74) is 0.598.